The number of halogens is 2. The van der Waals surface area contributed by atoms with E-state index in [0.29, 0.717) is 5.56 Å². The summed E-state index contributed by atoms with van der Waals surface area (Å²) in [6.07, 6.45) is 0. The van der Waals surface area contributed by atoms with E-state index in [4.69, 9.17) is 26.6 Å². The number of rotatable bonds is 2. The molecular weight excluding hydrogens is 267 g/mol. The van der Waals surface area contributed by atoms with Crippen molar-refractivity contribution in [1.29, 1.82) is 0 Å². The molecule has 0 aromatic heterocycles. The third kappa shape index (κ3) is 2.65. The number of benzene rings is 1. The minimum absolute atomic E-state index is 0.0740. The van der Waals surface area contributed by atoms with Gasteiger partial charge in [-0.1, -0.05) is 17.7 Å². The topological polar surface area (TPSA) is 44.5 Å². The van der Waals surface area contributed by atoms with Gasteiger partial charge in [-0.25, -0.2) is 4.39 Å². The zero-order valence-corrected chi connectivity index (χ0v) is 12.3. The smallest absolute Gasteiger partial charge is 0.402 e. The largest absolute Gasteiger partial charge is 0.480 e. The van der Waals surface area contributed by atoms with Crippen molar-refractivity contribution >= 4 is 18.7 Å². The molecule has 1 aliphatic rings. The van der Waals surface area contributed by atoms with Gasteiger partial charge in [0.2, 0.25) is 0 Å². The first-order chi connectivity index (χ1) is 8.64. The molecule has 2 rings (SSSR count). The molecule has 1 heterocycles. The molecule has 1 atom stereocenters. The fraction of sp³-hybridized carbons (Fsp3) is 0.538. The van der Waals surface area contributed by atoms with E-state index in [1.165, 1.54) is 12.1 Å². The maximum absolute atomic E-state index is 13.5. The minimum atomic E-state index is -0.606. The van der Waals surface area contributed by atoms with Crippen LogP contribution in [0.1, 0.15) is 39.2 Å². The highest BCUT2D eigenvalue weighted by molar-refractivity contribution is 6.47. The van der Waals surface area contributed by atoms with Crippen LogP contribution >= 0.6 is 11.6 Å². The standard InChI is InChI=1S/C13H18BClFNO2/c1-12(2)13(3,4)19-14(18-12)11(17)8-5-6-9(15)10(16)7-8/h5-7,11H,17H2,1-4H3/t11-/m1/s1. The summed E-state index contributed by atoms with van der Waals surface area (Å²) in [5.41, 5.74) is 5.78. The predicted molar refractivity (Wildman–Crippen MR) is 74.4 cm³/mol. The molecule has 0 saturated carbocycles. The fourth-order valence-corrected chi connectivity index (χ4v) is 2.03. The molecule has 1 fully saturated rings. The Morgan fingerprint density at radius 1 is 1.21 bits per heavy atom. The molecule has 0 radical (unpaired) electrons. The molecule has 2 N–H and O–H groups in total. The molecule has 0 aliphatic carbocycles. The van der Waals surface area contributed by atoms with E-state index >= 15 is 0 Å². The van der Waals surface area contributed by atoms with Crippen molar-refractivity contribution in [3.05, 3.63) is 34.6 Å². The highest BCUT2D eigenvalue weighted by Crippen LogP contribution is 2.39. The Morgan fingerprint density at radius 3 is 2.21 bits per heavy atom. The Bertz CT molecular complexity index is 480. The first kappa shape index (κ1) is 14.8. The average Bonchev–Trinajstić information content (AvgIpc) is 2.51. The van der Waals surface area contributed by atoms with Gasteiger partial charge in [-0.15, -0.1) is 0 Å². The van der Waals surface area contributed by atoms with Crippen LogP contribution in [-0.2, 0) is 9.31 Å². The van der Waals surface area contributed by atoms with E-state index in [1.807, 2.05) is 27.7 Å². The van der Waals surface area contributed by atoms with Crippen LogP contribution in [0, 0.1) is 5.82 Å². The first-order valence-corrected chi connectivity index (χ1v) is 6.58. The van der Waals surface area contributed by atoms with E-state index in [9.17, 15) is 4.39 Å². The highest BCUT2D eigenvalue weighted by Gasteiger charge is 2.53. The summed E-state index contributed by atoms with van der Waals surface area (Å²) in [6, 6.07) is 4.48. The number of nitrogens with two attached hydrogens (primary N) is 1. The van der Waals surface area contributed by atoms with Gasteiger partial charge in [-0.2, -0.15) is 0 Å². The molecule has 0 unspecified atom stereocenters. The minimum Gasteiger partial charge on any atom is -0.402 e. The Hall–Kier alpha value is -0.615. The van der Waals surface area contributed by atoms with Crippen LogP contribution in [0.4, 0.5) is 4.39 Å². The van der Waals surface area contributed by atoms with Crippen molar-refractivity contribution < 1.29 is 13.7 Å². The van der Waals surface area contributed by atoms with Crippen molar-refractivity contribution in [1.82, 2.24) is 0 Å². The molecule has 1 aromatic rings. The zero-order valence-electron chi connectivity index (χ0n) is 11.5. The van der Waals surface area contributed by atoms with Crippen molar-refractivity contribution in [2.75, 3.05) is 0 Å². The summed E-state index contributed by atoms with van der Waals surface area (Å²) in [4.78, 5) is 0. The van der Waals surface area contributed by atoms with E-state index < -0.39 is 30.1 Å². The molecular formula is C13H18BClFNO2. The van der Waals surface area contributed by atoms with Gasteiger partial charge in [-0.05, 0) is 45.4 Å². The number of hydrogen-bond acceptors (Lipinski definition) is 3. The lowest BCUT2D eigenvalue weighted by Crippen LogP contribution is -2.41. The third-order valence-electron chi connectivity index (χ3n) is 3.89. The van der Waals surface area contributed by atoms with Crippen molar-refractivity contribution in [2.45, 2.75) is 44.8 Å². The normalized spacial score (nSPS) is 22.6. The van der Waals surface area contributed by atoms with Gasteiger partial charge >= 0.3 is 7.12 Å². The van der Waals surface area contributed by atoms with Gasteiger partial charge in [0.25, 0.3) is 0 Å². The van der Waals surface area contributed by atoms with Gasteiger partial charge in [0.05, 0.1) is 22.2 Å². The van der Waals surface area contributed by atoms with Crippen molar-refractivity contribution in [3.63, 3.8) is 0 Å². The number of hydrogen-bond donors (Lipinski definition) is 1. The molecule has 1 saturated heterocycles. The average molecular weight is 286 g/mol. The van der Waals surface area contributed by atoms with Gasteiger partial charge in [-0.3, -0.25) is 0 Å². The van der Waals surface area contributed by atoms with E-state index in [-0.39, 0.29) is 5.02 Å². The molecule has 1 aromatic carbocycles. The molecule has 0 spiro atoms. The molecule has 1 aliphatic heterocycles. The van der Waals surface area contributed by atoms with Crippen molar-refractivity contribution in [2.24, 2.45) is 5.73 Å². The highest BCUT2D eigenvalue weighted by atomic mass is 35.5. The maximum atomic E-state index is 13.5. The Kier molecular flexibility index (Phi) is 3.69. The molecule has 19 heavy (non-hydrogen) atoms. The quantitative estimate of drug-likeness (QED) is 0.849. The van der Waals surface area contributed by atoms with Crippen LogP contribution in [-0.4, -0.2) is 18.3 Å². The summed E-state index contributed by atoms with van der Waals surface area (Å²) in [7, 11) is -0.606. The SMILES string of the molecule is CC1(C)OB([C@H](N)c2ccc(Cl)c(F)c2)OC1(C)C. The lowest BCUT2D eigenvalue weighted by molar-refractivity contribution is 0.00578. The first-order valence-electron chi connectivity index (χ1n) is 6.20. The second kappa shape index (κ2) is 4.74. The van der Waals surface area contributed by atoms with Crippen LogP contribution in [0.3, 0.4) is 0 Å². The second-order valence-corrected chi connectivity index (χ2v) is 6.23. The van der Waals surface area contributed by atoms with Crippen LogP contribution in [0.2, 0.25) is 5.02 Å². The lowest BCUT2D eigenvalue weighted by Gasteiger charge is -2.32. The van der Waals surface area contributed by atoms with Gasteiger partial charge in [0.15, 0.2) is 0 Å². The monoisotopic (exact) mass is 285 g/mol. The van der Waals surface area contributed by atoms with Gasteiger partial charge < -0.3 is 15.0 Å². The summed E-state index contributed by atoms with van der Waals surface area (Å²) in [5, 5.41) is 0.0740. The Balaban J connectivity index is 2.22. The molecule has 0 bridgehead atoms. The summed E-state index contributed by atoms with van der Waals surface area (Å²) in [6.45, 7) is 7.79. The van der Waals surface area contributed by atoms with Gasteiger partial charge in [0.1, 0.15) is 5.82 Å². The fourth-order valence-electron chi connectivity index (χ4n) is 1.91. The molecule has 0 amide bonds. The van der Waals surface area contributed by atoms with Crippen molar-refractivity contribution in [3.8, 4) is 0 Å². The summed E-state index contributed by atoms with van der Waals surface area (Å²) >= 11 is 5.66. The van der Waals surface area contributed by atoms with Crippen LogP contribution in [0.25, 0.3) is 0 Å². The summed E-state index contributed by atoms with van der Waals surface area (Å²) in [5.74, 6) is -1.06. The van der Waals surface area contributed by atoms with Crippen LogP contribution < -0.4 is 5.73 Å². The lowest BCUT2D eigenvalue weighted by atomic mass is 9.75. The third-order valence-corrected chi connectivity index (χ3v) is 4.20. The second-order valence-electron chi connectivity index (χ2n) is 5.82. The van der Waals surface area contributed by atoms with E-state index in [1.54, 1.807) is 6.07 Å². The maximum Gasteiger partial charge on any atom is 0.480 e. The Morgan fingerprint density at radius 2 is 1.74 bits per heavy atom. The van der Waals surface area contributed by atoms with Crippen LogP contribution in [0.5, 0.6) is 0 Å². The van der Waals surface area contributed by atoms with E-state index in [2.05, 4.69) is 0 Å². The zero-order chi connectivity index (χ0) is 14.4. The Labute approximate surface area is 118 Å². The van der Waals surface area contributed by atoms with Crippen LogP contribution in [0.15, 0.2) is 18.2 Å². The molecule has 6 heteroatoms. The summed E-state index contributed by atoms with van der Waals surface area (Å²) < 4.78 is 25.2. The molecule has 3 nitrogen and oxygen atoms in total. The van der Waals surface area contributed by atoms with Gasteiger partial charge in [0, 0.05) is 0 Å². The van der Waals surface area contributed by atoms with E-state index in [0.717, 1.165) is 0 Å². The predicted octanol–water partition coefficient (Wildman–Crippen LogP) is 3.11. The molecule has 104 valence electrons.